The Labute approximate surface area is 97.5 Å². The number of carbonyl (C=O) groups is 1. The van der Waals surface area contributed by atoms with E-state index < -0.39 is 5.82 Å². The number of ether oxygens (including phenoxy) is 1. The lowest BCUT2D eigenvalue weighted by Crippen LogP contribution is -2.30. The number of hydrogen-bond acceptors (Lipinski definition) is 3. The Morgan fingerprint density at radius 1 is 1.56 bits per heavy atom. The molecule has 1 rings (SSSR count). The number of amides is 1. The van der Waals surface area contributed by atoms with Gasteiger partial charge in [-0.15, -0.1) is 0 Å². The summed E-state index contributed by atoms with van der Waals surface area (Å²) in [5.41, 5.74) is 0. The summed E-state index contributed by atoms with van der Waals surface area (Å²) in [6.07, 6.45) is 0. The Kier molecular flexibility index (Phi) is 4.52. The number of halogens is 2. The molecule has 1 aromatic carbocycles. The molecule has 0 heterocycles. The fraction of sp³-hybridized carbons (Fsp3) is 0.300. The molecule has 6 heteroatoms. The first kappa shape index (κ1) is 12.7. The smallest absolute Gasteiger partial charge is 0.283 e. The zero-order chi connectivity index (χ0) is 12.1. The molecule has 0 saturated heterocycles. The summed E-state index contributed by atoms with van der Waals surface area (Å²) in [5.74, 6) is -0.732. The van der Waals surface area contributed by atoms with Gasteiger partial charge in [0.25, 0.3) is 5.91 Å². The molecule has 1 amide bonds. The van der Waals surface area contributed by atoms with Crippen molar-refractivity contribution in [3.05, 3.63) is 29.0 Å². The molecule has 0 bridgehead atoms. The first-order valence-corrected chi connectivity index (χ1v) is 4.81. The summed E-state index contributed by atoms with van der Waals surface area (Å²) in [5, 5.41) is 1.03. The number of benzene rings is 1. The SMILES string of the molecule is CON(C)C(=O)COc1ccc(Cl)c(F)c1. The van der Waals surface area contributed by atoms with E-state index in [4.69, 9.17) is 16.3 Å². The van der Waals surface area contributed by atoms with Gasteiger partial charge in [-0.05, 0) is 12.1 Å². The van der Waals surface area contributed by atoms with Gasteiger partial charge >= 0.3 is 0 Å². The van der Waals surface area contributed by atoms with Gasteiger partial charge in [0.2, 0.25) is 0 Å². The quantitative estimate of drug-likeness (QED) is 0.763. The number of rotatable bonds is 4. The van der Waals surface area contributed by atoms with Crippen LogP contribution in [0.25, 0.3) is 0 Å². The van der Waals surface area contributed by atoms with E-state index in [2.05, 4.69) is 4.84 Å². The van der Waals surface area contributed by atoms with E-state index in [0.29, 0.717) is 0 Å². The molecule has 88 valence electrons. The maximum absolute atomic E-state index is 13.0. The average molecular weight is 248 g/mol. The zero-order valence-electron chi connectivity index (χ0n) is 8.87. The minimum atomic E-state index is -0.591. The monoisotopic (exact) mass is 247 g/mol. The maximum Gasteiger partial charge on any atom is 0.283 e. The van der Waals surface area contributed by atoms with Crippen molar-refractivity contribution in [3.8, 4) is 5.75 Å². The van der Waals surface area contributed by atoms with Crippen molar-refractivity contribution in [1.29, 1.82) is 0 Å². The van der Waals surface area contributed by atoms with Crippen LogP contribution in [0.1, 0.15) is 0 Å². The molecule has 0 radical (unpaired) electrons. The van der Waals surface area contributed by atoms with Gasteiger partial charge in [0.1, 0.15) is 11.6 Å². The molecule has 0 spiro atoms. The second-order valence-electron chi connectivity index (χ2n) is 2.94. The number of likely N-dealkylation sites (N-methyl/N-ethyl adjacent to an activating group) is 1. The van der Waals surface area contributed by atoms with Crippen LogP contribution in [-0.2, 0) is 9.63 Å². The number of carbonyl (C=O) groups excluding carboxylic acids is 1. The number of hydroxylamine groups is 2. The van der Waals surface area contributed by atoms with Crippen LogP contribution >= 0.6 is 11.6 Å². The van der Waals surface area contributed by atoms with Crippen LogP contribution in [0.4, 0.5) is 4.39 Å². The van der Waals surface area contributed by atoms with Gasteiger partial charge in [-0.1, -0.05) is 11.6 Å². The molecule has 0 fully saturated rings. The lowest BCUT2D eigenvalue weighted by Gasteiger charge is -2.14. The van der Waals surface area contributed by atoms with E-state index in [9.17, 15) is 9.18 Å². The molecule has 0 saturated carbocycles. The Hall–Kier alpha value is -1.33. The van der Waals surface area contributed by atoms with Crippen molar-refractivity contribution in [2.24, 2.45) is 0 Å². The van der Waals surface area contributed by atoms with Crippen molar-refractivity contribution < 1.29 is 18.8 Å². The summed E-state index contributed by atoms with van der Waals surface area (Å²) in [6, 6.07) is 3.95. The minimum absolute atomic E-state index is 0.00712. The fourth-order valence-corrected chi connectivity index (χ4v) is 1.02. The lowest BCUT2D eigenvalue weighted by atomic mass is 10.3. The van der Waals surface area contributed by atoms with Crippen LogP contribution in [0.3, 0.4) is 0 Å². The van der Waals surface area contributed by atoms with Crippen LogP contribution < -0.4 is 4.74 Å². The van der Waals surface area contributed by atoms with Crippen LogP contribution in [-0.4, -0.2) is 31.7 Å². The van der Waals surface area contributed by atoms with Crippen LogP contribution in [0.5, 0.6) is 5.75 Å². The van der Waals surface area contributed by atoms with Gasteiger partial charge in [0, 0.05) is 13.1 Å². The largest absolute Gasteiger partial charge is 0.484 e. The Balaban J connectivity index is 2.55. The standard InChI is InChI=1S/C10H11ClFNO3/c1-13(15-2)10(14)6-16-7-3-4-8(11)9(12)5-7/h3-5H,6H2,1-2H3. The summed E-state index contributed by atoms with van der Waals surface area (Å²) in [7, 11) is 2.81. The highest BCUT2D eigenvalue weighted by atomic mass is 35.5. The summed E-state index contributed by atoms with van der Waals surface area (Å²) in [6.45, 7) is -0.231. The molecule has 16 heavy (non-hydrogen) atoms. The van der Waals surface area contributed by atoms with Gasteiger partial charge in [0.05, 0.1) is 12.1 Å². The molecule has 0 N–H and O–H groups in total. The molecular weight excluding hydrogens is 237 g/mol. The third-order valence-electron chi connectivity index (χ3n) is 1.88. The van der Waals surface area contributed by atoms with Crippen molar-refractivity contribution in [2.75, 3.05) is 20.8 Å². The van der Waals surface area contributed by atoms with E-state index in [1.165, 1.54) is 26.3 Å². The van der Waals surface area contributed by atoms with E-state index in [0.717, 1.165) is 11.1 Å². The maximum atomic E-state index is 13.0. The van der Waals surface area contributed by atoms with E-state index in [1.54, 1.807) is 0 Å². The molecule has 0 aliphatic rings. The molecule has 0 aliphatic carbocycles. The predicted octanol–water partition coefficient (Wildman–Crippen LogP) is 1.88. The molecule has 0 unspecified atom stereocenters. The normalized spacial score (nSPS) is 10.0. The molecule has 0 aromatic heterocycles. The van der Waals surface area contributed by atoms with E-state index in [1.807, 2.05) is 0 Å². The third-order valence-corrected chi connectivity index (χ3v) is 2.18. The molecule has 0 aliphatic heterocycles. The first-order chi connectivity index (χ1) is 7.54. The van der Waals surface area contributed by atoms with Gasteiger partial charge < -0.3 is 4.74 Å². The molecule has 1 aromatic rings. The van der Waals surface area contributed by atoms with Crippen LogP contribution in [0, 0.1) is 5.82 Å². The topological polar surface area (TPSA) is 38.8 Å². The van der Waals surface area contributed by atoms with Crippen LogP contribution in [0.2, 0.25) is 5.02 Å². The van der Waals surface area contributed by atoms with Crippen molar-refractivity contribution in [3.63, 3.8) is 0 Å². The van der Waals surface area contributed by atoms with Gasteiger partial charge in [-0.25, -0.2) is 9.45 Å². The fourth-order valence-electron chi connectivity index (χ4n) is 0.904. The minimum Gasteiger partial charge on any atom is -0.484 e. The molecule has 0 atom stereocenters. The third kappa shape index (κ3) is 3.36. The van der Waals surface area contributed by atoms with Gasteiger partial charge in [-0.3, -0.25) is 9.63 Å². The first-order valence-electron chi connectivity index (χ1n) is 4.43. The lowest BCUT2D eigenvalue weighted by molar-refractivity contribution is -0.170. The second-order valence-corrected chi connectivity index (χ2v) is 3.35. The second kappa shape index (κ2) is 5.67. The highest BCUT2D eigenvalue weighted by molar-refractivity contribution is 6.30. The van der Waals surface area contributed by atoms with E-state index in [-0.39, 0.29) is 23.3 Å². The van der Waals surface area contributed by atoms with Crippen molar-refractivity contribution in [2.45, 2.75) is 0 Å². The Morgan fingerprint density at radius 3 is 2.81 bits per heavy atom. The number of hydrogen-bond donors (Lipinski definition) is 0. The predicted molar refractivity (Wildman–Crippen MR) is 56.7 cm³/mol. The van der Waals surface area contributed by atoms with Gasteiger partial charge in [-0.2, -0.15) is 0 Å². The molecule has 4 nitrogen and oxygen atoms in total. The summed E-state index contributed by atoms with van der Waals surface area (Å²) in [4.78, 5) is 15.9. The highest BCUT2D eigenvalue weighted by Crippen LogP contribution is 2.20. The zero-order valence-corrected chi connectivity index (χ0v) is 9.62. The molecular formula is C10H11ClFNO3. The highest BCUT2D eigenvalue weighted by Gasteiger charge is 2.09. The van der Waals surface area contributed by atoms with Gasteiger partial charge in [0.15, 0.2) is 6.61 Å². The van der Waals surface area contributed by atoms with Crippen molar-refractivity contribution in [1.82, 2.24) is 5.06 Å². The summed E-state index contributed by atoms with van der Waals surface area (Å²) >= 11 is 5.49. The van der Waals surface area contributed by atoms with E-state index >= 15 is 0 Å². The number of nitrogens with zero attached hydrogens (tertiary/aromatic N) is 1. The van der Waals surface area contributed by atoms with Crippen molar-refractivity contribution >= 4 is 17.5 Å². The Morgan fingerprint density at radius 2 is 2.25 bits per heavy atom. The average Bonchev–Trinajstić information content (AvgIpc) is 2.29. The van der Waals surface area contributed by atoms with Crippen LogP contribution in [0.15, 0.2) is 18.2 Å². The summed E-state index contributed by atoms with van der Waals surface area (Å²) < 4.78 is 18.1. The Bertz CT molecular complexity index is 386.